The fourth-order valence-electron chi connectivity index (χ4n) is 2.59. The predicted octanol–water partition coefficient (Wildman–Crippen LogP) is 4.36. The van der Waals surface area contributed by atoms with E-state index in [2.05, 4.69) is 13.0 Å². The molecule has 2 aromatic carbocycles. The summed E-state index contributed by atoms with van der Waals surface area (Å²) < 4.78 is 13.7. The Balaban J connectivity index is 2.23. The average molecular weight is 254 g/mol. The standard InChI is InChI=1S/C17H15FO/c1-17(9-10-17)15-7-3-2-5-13(15)12-6-4-8-16(18)14(12)11-19/h2-8,11H,9-10H2,1H3. The normalized spacial score (nSPS) is 16.1. The zero-order valence-corrected chi connectivity index (χ0v) is 10.8. The molecule has 0 atom stereocenters. The minimum Gasteiger partial charge on any atom is -0.298 e. The first-order valence-corrected chi connectivity index (χ1v) is 6.49. The Morgan fingerprint density at radius 3 is 2.42 bits per heavy atom. The van der Waals surface area contributed by atoms with Crippen molar-refractivity contribution in [2.24, 2.45) is 0 Å². The maximum Gasteiger partial charge on any atom is 0.153 e. The molecule has 1 nitrogen and oxygen atoms in total. The number of carbonyl (C=O) groups excluding carboxylic acids is 1. The van der Waals surface area contributed by atoms with Gasteiger partial charge in [-0.05, 0) is 41.0 Å². The molecule has 0 N–H and O–H groups in total. The Hall–Kier alpha value is -1.96. The van der Waals surface area contributed by atoms with Gasteiger partial charge in [-0.15, -0.1) is 0 Å². The molecule has 0 unspecified atom stereocenters. The number of benzene rings is 2. The van der Waals surface area contributed by atoms with Crippen LogP contribution in [0.5, 0.6) is 0 Å². The molecule has 0 aliphatic heterocycles. The van der Waals surface area contributed by atoms with Crippen LogP contribution in [-0.2, 0) is 5.41 Å². The second-order valence-electron chi connectivity index (χ2n) is 5.43. The molecule has 0 amide bonds. The lowest BCUT2D eigenvalue weighted by molar-refractivity contribution is 0.112. The van der Waals surface area contributed by atoms with Crippen molar-refractivity contribution in [2.75, 3.05) is 0 Å². The van der Waals surface area contributed by atoms with Gasteiger partial charge in [0.15, 0.2) is 6.29 Å². The summed E-state index contributed by atoms with van der Waals surface area (Å²) in [5.74, 6) is -0.455. The zero-order chi connectivity index (χ0) is 13.5. The fourth-order valence-corrected chi connectivity index (χ4v) is 2.59. The lowest BCUT2D eigenvalue weighted by atomic mass is 9.88. The highest BCUT2D eigenvalue weighted by Gasteiger charge is 2.40. The van der Waals surface area contributed by atoms with Crippen LogP contribution in [0.25, 0.3) is 11.1 Å². The summed E-state index contributed by atoms with van der Waals surface area (Å²) in [7, 11) is 0. The lowest BCUT2D eigenvalue weighted by Crippen LogP contribution is -2.04. The van der Waals surface area contributed by atoms with E-state index in [0.717, 1.165) is 18.4 Å². The average Bonchev–Trinajstić information content (AvgIpc) is 3.18. The van der Waals surface area contributed by atoms with Gasteiger partial charge in [0.1, 0.15) is 5.82 Å². The van der Waals surface area contributed by atoms with Gasteiger partial charge in [0.2, 0.25) is 0 Å². The van der Waals surface area contributed by atoms with Crippen LogP contribution in [0.15, 0.2) is 42.5 Å². The maximum absolute atomic E-state index is 13.7. The van der Waals surface area contributed by atoms with Crippen molar-refractivity contribution in [3.8, 4) is 11.1 Å². The van der Waals surface area contributed by atoms with E-state index in [9.17, 15) is 9.18 Å². The van der Waals surface area contributed by atoms with Crippen LogP contribution in [0.2, 0.25) is 0 Å². The quantitative estimate of drug-likeness (QED) is 0.744. The topological polar surface area (TPSA) is 17.1 Å². The second-order valence-corrected chi connectivity index (χ2v) is 5.43. The number of halogens is 1. The number of hydrogen-bond donors (Lipinski definition) is 0. The molecule has 0 radical (unpaired) electrons. The summed E-state index contributed by atoms with van der Waals surface area (Å²) in [5, 5.41) is 0. The third kappa shape index (κ3) is 1.97. The molecular formula is C17H15FO. The van der Waals surface area contributed by atoms with E-state index < -0.39 is 5.82 Å². The van der Waals surface area contributed by atoms with Crippen LogP contribution in [0.3, 0.4) is 0 Å². The van der Waals surface area contributed by atoms with Crippen LogP contribution in [0, 0.1) is 5.82 Å². The lowest BCUT2D eigenvalue weighted by Gasteiger charge is -2.16. The van der Waals surface area contributed by atoms with E-state index in [-0.39, 0.29) is 11.0 Å². The number of rotatable bonds is 3. The molecule has 1 aliphatic rings. The van der Waals surface area contributed by atoms with Gasteiger partial charge in [-0.25, -0.2) is 4.39 Å². The summed E-state index contributed by atoms with van der Waals surface area (Å²) >= 11 is 0. The van der Waals surface area contributed by atoms with Crippen LogP contribution >= 0.6 is 0 Å². The molecule has 1 aliphatic carbocycles. The van der Waals surface area contributed by atoms with Crippen molar-refractivity contribution in [2.45, 2.75) is 25.2 Å². The fraction of sp³-hybridized carbons (Fsp3) is 0.235. The van der Waals surface area contributed by atoms with E-state index in [1.54, 1.807) is 6.07 Å². The van der Waals surface area contributed by atoms with Crippen LogP contribution in [0.1, 0.15) is 35.7 Å². The van der Waals surface area contributed by atoms with E-state index >= 15 is 0 Å². The van der Waals surface area contributed by atoms with Gasteiger partial charge in [0.25, 0.3) is 0 Å². The first-order valence-electron chi connectivity index (χ1n) is 6.49. The Labute approximate surface area is 112 Å². The smallest absolute Gasteiger partial charge is 0.153 e. The first-order chi connectivity index (χ1) is 9.15. The highest BCUT2D eigenvalue weighted by molar-refractivity contribution is 5.89. The molecule has 0 aromatic heterocycles. The molecular weight excluding hydrogens is 239 g/mol. The SMILES string of the molecule is CC1(c2ccccc2-c2cccc(F)c2C=O)CC1. The first kappa shape index (κ1) is 12.1. The van der Waals surface area contributed by atoms with E-state index in [1.807, 2.05) is 24.3 Å². The van der Waals surface area contributed by atoms with Crippen LogP contribution in [-0.4, -0.2) is 6.29 Å². The molecule has 1 saturated carbocycles. The van der Waals surface area contributed by atoms with Crippen molar-refractivity contribution in [1.82, 2.24) is 0 Å². The van der Waals surface area contributed by atoms with E-state index in [0.29, 0.717) is 11.8 Å². The molecule has 96 valence electrons. The van der Waals surface area contributed by atoms with Gasteiger partial charge in [-0.3, -0.25) is 4.79 Å². The zero-order valence-electron chi connectivity index (χ0n) is 10.8. The third-order valence-electron chi connectivity index (χ3n) is 4.04. The predicted molar refractivity (Wildman–Crippen MR) is 73.8 cm³/mol. The van der Waals surface area contributed by atoms with Crippen molar-refractivity contribution < 1.29 is 9.18 Å². The minimum atomic E-state index is -0.455. The van der Waals surface area contributed by atoms with E-state index in [1.165, 1.54) is 11.6 Å². The third-order valence-corrected chi connectivity index (χ3v) is 4.04. The number of aldehydes is 1. The Kier molecular flexibility index (Phi) is 2.74. The summed E-state index contributed by atoms with van der Waals surface area (Å²) in [6.45, 7) is 2.21. The largest absolute Gasteiger partial charge is 0.298 e. The van der Waals surface area contributed by atoms with Crippen molar-refractivity contribution >= 4 is 6.29 Å². The molecule has 3 rings (SSSR count). The molecule has 2 heteroatoms. The molecule has 19 heavy (non-hydrogen) atoms. The van der Waals surface area contributed by atoms with Gasteiger partial charge in [-0.2, -0.15) is 0 Å². The maximum atomic E-state index is 13.7. The monoisotopic (exact) mass is 254 g/mol. The van der Waals surface area contributed by atoms with Gasteiger partial charge in [-0.1, -0.05) is 43.3 Å². The molecule has 0 saturated heterocycles. The van der Waals surface area contributed by atoms with Crippen LogP contribution in [0.4, 0.5) is 4.39 Å². The Morgan fingerprint density at radius 1 is 1.05 bits per heavy atom. The van der Waals surface area contributed by atoms with Gasteiger partial charge >= 0.3 is 0 Å². The van der Waals surface area contributed by atoms with Gasteiger partial charge in [0, 0.05) is 0 Å². The molecule has 2 aromatic rings. The Bertz CT molecular complexity index is 641. The molecule has 0 spiro atoms. The minimum absolute atomic E-state index is 0.152. The van der Waals surface area contributed by atoms with Crippen molar-refractivity contribution in [3.63, 3.8) is 0 Å². The Morgan fingerprint density at radius 2 is 1.74 bits per heavy atom. The van der Waals surface area contributed by atoms with Gasteiger partial charge < -0.3 is 0 Å². The summed E-state index contributed by atoms with van der Waals surface area (Å²) in [4.78, 5) is 11.2. The summed E-state index contributed by atoms with van der Waals surface area (Å²) in [6, 6.07) is 12.8. The molecule has 0 heterocycles. The number of carbonyl (C=O) groups is 1. The highest BCUT2D eigenvalue weighted by Crippen LogP contribution is 2.50. The summed E-state index contributed by atoms with van der Waals surface area (Å²) in [5.41, 5.74) is 3.22. The number of hydrogen-bond acceptors (Lipinski definition) is 1. The van der Waals surface area contributed by atoms with Crippen LogP contribution < -0.4 is 0 Å². The molecule has 1 fully saturated rings. The highest BCUT2D eigenvalue weighted by atomic mass is 19.1. The van der Waals surface area contributed by atoms with E-state index in [4.69, 9.17) is 0 Å². The summed E-state index contributed by atoms with van der Waals surface area (Å²) in [6.07, 6.45) is 2.90. The second kappa shape index (κ2) is 4.30. The van der Waals surface area contributed by atoms with Crippen molar-refractivity contribution in [1.29, 1.82) is 0 Å². The molecule has 0 bridgehead atoms. The van der Waals surface area contributed by atoms with Gasteiger partial charge in [0.05, 0.1) is 5.56 Å². The van der Waals surface area contributed by atoms with Crippen molar-refractivity contribution in [3.05, 3.63) is 59.4 Å².